The molecule has 0 bridgehead atoms. The third-order valence-corrected chi connectivity index (χ3v) is 3.29. The van der Waals surface area contributed by atoms with Crippen LogP contribution in [0.2, 0.25) is 0 Å². The molecular weight excluding hydrogens is 264 g/mol. The van der Waals surface area contributed by atoms with E-state index in [1.54, 1.807) is 17.1 Å². The van der Waals surface area contributed by atoms with Crippen molar-refractivity contribution < 1.29 is 9.90 Å². The molecule has 0 aromatic heterocycles. The number of amides is 1. The number of benzene rings is 1. The van der Waals surface area contributed by atoms with Gasteiger partial charge < -0.3 is 15.7 Å². The maximum Gasteiger partial charge on any atom is 0.246 e. The van der Waals surface area contributed by atoms with Crippen LogP contribution in [0, 0.1) is 0 Å². The fourth-order valence-electron chi connectivity index (χ4n) is 2.12. The maximum atomic E-state index is 12.2. The van der Waals surface area contributed by atoms with Crippen LogP contribution in [0.1, 0.15) is 38.2 Å². The molecule has 0 aliphatic carbocycles. The number of aliphatic hydroxyl groups is 1. The molecular formula is C17H26N2O2. The molecule has 0 spiro atoms. The molecule has 0 aliphatic rings. The van der Waals surface area contributed by atoms with Gasteiger partial charge in [0.25, 0.3) is 0 Å². The van der Waals surface area contributed by atoms with E-state index in [0.29, 0.717) is 18.8 Å². The summed E-state index contributed by atoms with van der Waals surface area (Å²) in [6, 6.07) is 7.39. The van der Waals surface area contributed by atoms with E-state index in [-0.39, 0.29) is 12.5 Å². The highest BCUT2D eigenvalue weighted by Gasteiger charge is 2.09. The Hall–Kier alpha value is -1.81. The zero-order valence-electron chi connectivity index (χ0n) is 12.8. The molecule has 1 rings (SSSR count). The van der Waals surface area contributed by atoms with Crippen molar-refractivity contribution in [2.24, 2.45) is 0 Å². The predicted octanol–water partition coefficient (Wildman–Crippen LogP) is 2.68. The molecule has 4 nitrogen and oxygen atoms in total. The monoisotopic (exact) mass is 290 g/mol. The Morgan fingerprint density at radius 1 is 1.29 bits per heavy atom. The predicted molar refractivity (Wildman–Crippen MR) is 87.7 cm³/mol. The average molecular weight is 290 g/mol. The van der Waals surface area contributed by atoms with Gasteiger partial charge in [-0.3, -0.25) is 4.79 Å². The minimum absolute atomic E-state index is 0.00829. The quantitative estimate of drug-likeness (QED) is 0.417. The van der Waals surface area contributed by atoms with Crippen molar-refractivity contribution in [1.29, 1.82) is 0 Å². The number of carbonyl (C=O) groups is 1. The number of rotatable bonds is 9. The normalized spacial score (nSPS) is 11.0. The zero-order valence-corrected chi connectivity index (χ0v) is 12.8. The van der Waals surface area contributed by atoms with E-state index < -0.39 is 0 Å². The third kappa shape index (κ3) is 6.95. The van der Waals surface area contributed by atoms with Crippen molar-refractivity contribution in [3.05, 3.63) is 35.9 Å². The van der Waals surface area contributed by atoms with Crippen LogP contribution in [0.15, 0.2) is 30.3 Å². The van der Waals surface area contributed by atoms with E-state index >= 15 is 0 Å². The molecule has 0 aliphatic heterocycles. The van der Waals surface area contributed by atoms with Crippen LogP contribution >= 0.6 is 0 Å². The Kier molecular flexibility index (Phi) is 8.21. The summed E-state index contributed by atoms with van der Waals surface area (Å²) < 4.78 is 0. The molecule has 0 radical (unpaired) electrons. The molecule has 21 heavy (non-hydrogen) atoms. The number of unbranched alkanes of at least 4 members (excludes halogenated alkanes) is 3. The van der Waals surface area contributed by atoms with Crippen molar-refractivity contribution in [1.82, 2.24) is 4.90 Å². The molecule has 4 heteroatoms. The van der Waals surface area contributed by atoms with Crippen molar-refractivity contribution in [2.75, 3.05) is 25.4 Å². The Labute approximate surface area is 127 Å². The molecule has 0 fully saturated rings. The van der Waals surface area contributed by atoms with Crippen molar-refractivity contribution in [3.8, 4) is 0 Å². The summed E-state index contributed by atoms with van der Waals surface area (Å²) in [6.45, 7) is 3.23. The average Bonchev–Trinajstić information content (AvgIpc) is 2.48. The van der Waals surface area contributed by atoms with Gasteiger partial charge in [0.2, 0.25) is 5.91 Å². The minimum atomic E-state index is -0.0667. The van der Waals surface area contributed by atoms with Gasteiger partial charge in [0, 0.05) is 24.9 Å². The standard InChI is InChI=1S/C17H26N2O2/c1-2-3-4-5-11-19(12-13-20)17(21)10-9-15-7-6-8-16(18)14-15/h6-10,14,20H,2-5,11-13,18H2,1H3/b10-9+. The van der Waals surface area contributed by atoms with E-state index in [2.05, 4.69) is 6.92 Å². The molecule has 116 valence electrons. The maximum absolute atomic E-state index is 12.2. The van der Waals surface area contributed by atoms with Crippen molar-refractivity contribution >= 4 is 17.7 Å². The minimum Gasteiger partial charge on any atom is -0.399 e. The molecule has 1 aromatic carbocycles. The lowest BCUT2D eigenvalue weighted by Crippen LogP contribution is -2.33. The highest BCUT2D eigenvalue weighted by atomic mass is 16.3. The van der Waals surface area contributed by atoms with Crippen LogP contribution in [-0.2, 0) is 4.79 Å². The van der Waals surface area contributed by atoms with Crippen LogP contribution in [0.3, 0.4) is 0 Å². The first kappa shape index (κ1) is 17.2. The molecule has 0 unspecified atom stereocenters. The van der Waals surface area contributed by atoms with Crippen molar-refractivity contribution in [3.63, 3.8) is 0 Å². The topological polar surface area (TPSA) is 66.6 Å². The number of aliphatic hydroxyl groups excluding tert-OH is 1. The van der Waals surface area contributed by atoms with Crippen LogP contribution in [0.5, 0.6) is 0 Å². The zero-order chi connectivity index (χ0) is 15.5. The lowest BCUT2D eigenvalue weighted by molar-refractivity contribution is -0.126. The summed E-state index contributed by atoms with van der Waals surface area (Å²) in [5.74, 6) is -0.0667. The van der Waals surface area contributed by atoms with Gasteiger partial charge in [0.05, 0.1) is 6.61 Å². The Balaban J connectivity index is 2.55. The number of anilines is 1. The first-order valence-electron chi connectivity index (χ1n) is 7.60. The van der Waals surface area contributed by atoms with Crippen LogP contribution in [0.4, 0.5) is 5.69 Å². The third-order valence-electron chi connectivity index (χ3n) is 3.29. The summed E-state index contributed by atoms with van der Waals surface area (Å²) in [7, 11) is 0. The van der Waals surface area contributed by atoms with E-state index in [1.807, 2.05) is 24.3 Å². The van der Waals surface area contributed by atoms with E-state index in [1.165, 1.54) is 12.8 Å². The largest absolute Gasteiger partial charge is 0.399 e. The molecule has 0 saturated heterocycles. The molecule has 1 amide bonds. The molecule has 1 aromatic rings. The number of nitrogens with zero attached hydrogens (tertiary/aromatic N) is 1. The SMILES string of the molecule is CCCCCCN(CCO)C(=O)/C=C/c1cccc(N)c1. The molecule has 0 atom stereocenters. The second-order valence-electron chi connectivity index (χ2n) is 5.11. The summed E-state index contributed by atoms with van der Waals surface area (Å²) in [6.07, 6.45) is 7.75. The summed E-state index contributed by atoms with van der Waals surface area (Å²) in [5.41, 5.74) is 7.28. The van der Waals surface area contributed by atoms with Gasteiger partial charge in [-0.1, -0.05) is 38.3 Å². The second-order valence-corrected chi connectivity index (χ2v) is 5.11. The van der Waals surface area contributed by atoms with Gasteiger partial charge >= 0.3 is 0 Å². The molecule has 0 saturated carbocycles. The number of hydrogen-bond acceptors (Lipinski definition) is 3. The number of carbonyl (C=O) groups excluding carboxylic acids is 1. The van der Waals surface area contributed by atoms with Crippen LogP contribution in [0.25, 0.3) is 6.08 Å². The van der Waals surface area contributed by atoms with E-state index in [9.17, 15) is 4.79 Å². The highest BCUT2D eigenvalue weighted by molar-refractivity contribution is 5.91. The van der Waals surface area contributed by atoms with Crippen molar-refractivity contribution in [2.45, 2.75) is 32.6 Å². The van der Waals surface area contributed by atoms with E-state index in [4.69, 9.17) is 10.8 Å². The number of nitrogens with two attached hydrogens (primary N) is 1. The van der Waals surface area contributed by atoms with Crippen LogP contribution in [-0.4, -0.2) is 35.6 Å². The van der Waals surface area contributed by atoms with E-state index in [0.717, 1.165) is 18.4 Å². The first-order valence-corrected chi connectivity index (χ1v) is 7.60. The summed E-state index contributed by atoms with van der Waals surface area (Å²) in [4.78, 5) is 13.8. The second kappa shape index (κ2) is 10.00. The fourth-order valence-corrected chi connectivity index (χ4v) is 2.12. The Morgan fingerprint density at radius 2 is 2.10 bits per heavy atom. The van der Waals surface area contributed by atoms with Gasteiger partial charge in [0.15, 0.2) is 0 Å². The van der Waals surface area contributed by atoms with Gasteiger partial charge in [-0.05, 0) is 30.2 Å². The van der Waals surface area contributed by atoms with Gasteiger partial charge in [-0.2, -0.15) is 0 Å². The Morgan fingerprint density at radius 3 is 2.76 bits per heavy atom. The van der Waals surface area contributed by atoms with Gasteiger partial charge in [-0.25, -0.2) is 0 Å². The first-order chi connectivity index (χ1) is 10.2. The molecule has 0 heterocycles. The van der Waals surface area contributed by atoms with Crippen LogP contribution < -0.4 is 5.73 Å². The smallest absolute Gasteiger partial charge is 0.246 e. The highest BCUT2D eigenvalue weighted by Crippen LogP contribution is 2.09. The van der Waals surface area contributed by atoms with Gasteiger partial charge in [-0.15, -0.1) is 0 Å². The summed E-state index contributed by atoms with van der Waals surface area (Å²) >= 11 is 0. The summed E-state index contributed by atoms with van der Waals surface area (Å²) in [5, 5.41) is 9.08. The molecule has 3 N–H and O–H groups in total. The Bertz CT molecular complexity index is 458. The lowest BCUT2D eigenvalue weighted by atomic mass is 10.2. The number of nitrogen functional groups attached to an aromatic ring is 1. The number of hydrogen-bond donors (Lipinski definition) is 2. The lowest BCUT2D eigenvalue weighted by Gasteiger charge is -2.20. The van der Waals surface area contributed by atoms with Gasteiger partial charge in [0.1, 0.15) is 0 Å². The fraction of sp³-hybridized carbons (Fsp3) is 0.471.